The zero-order valence-corrected chi connectivity index (χ0v) is 8.71. The van der Waals surface area contributed by atoms with Gasteiger partial charge < -0.3 is 15.2 Å². The van der Waals surface area contributed by atoms with Crippen LogP contribution in [-0.2, 0) is 6.61 Å². The molecule has 0 unspecified atom stereocenters. The molecule has 0 atom stereocenters. The average Bonchev–Trinajstić information content (AvgIpc) is 2.21. The Morgan fingerprint density at radius 2 is 2.14 bits per heavy atom. The fraction of sp³-hybridized carbons (Fsp3) is 0.455. The number of aliphatic hydroxyl groups is 1. The van der Waals surface area contributed by atoms with Crippen LogP contribution in [0.4, 0.5) is 5.69 Å². The maximum absolute atomic E-state index is 9.13. The van der Waals surface area contributed by atoms with Crippen molar-refractivity contribution in [3.63, 3.8) is 0 Å². The minimum absolute atomic E-state index is 0.00850. The van der Waals surface area contributed by atoms with Gasteiger partial charge in [0.2, 0.25) is 0 Å². The fourth-order valence-corrected chi connectivity index (χ4v) is 1.31. The number of benzene rings is 1. The van der Waals surface area contributed by atoms with Crippen LogP contribution in [0.5, 0.6) is 5.75 Å². The summed E-state index contributed by atoms with van der Waals surface area (Å²) in [7, 11) is 0. The van der Waals surface area contributed by atoms with Crippen LogP contribution < -0.4 is 10.1 Å². The molecular formula is C11H17NO2. The van der Waals surface area contributed by atoms with Gasteiger partial charge in [0, 0.05) is 17.8 Å². The highest BCUT2D eigenvalue weighted by molar-refractivity contribution is 5.50. The summed E-state index contributed by atoms with van der Waals surface area (Å²) in [6.45, 7) is 5.47. The Labute approximate surface area is 84.7 Å². The van der Waals surface area contributed by atoms with Gasteiger partial charge in [0.15, 0.2) is 0 Å². The monoisotopic (exact) mass is 195 g/mol. The van der Waals surface area contributed by atoms with Crippen molar-refractivity contribution in [1.82, 2.24) is 0 Å². The molecule has 0 aliphatic carbocycles. The van der Waals surface area contributed by atoms with Gasteiger partial charge >= 0.3 is 0 Å². The van der Waals surface area contributed by atoms with Gasteiger partial charge in [-0.1, -0.05) is 0 Å². The van der Waals surface area contributed by atoms with Crippen LogP contribution >= 0.6 is 0 Å². The van der Waals surface area contributed by atoms with Crippen LogP contribution in [0.3, 0.4) is 0 Å². The van der Waals surface area contributed by atoms with Crippen LogP contribution in [0.15, 0.2) is 18.2 Å². The fourth-order valence-electron chi connectivity index (χ4n) is 1.31. The maximum Gasteiger partial charge on any atom is 0.124 e. The van der Waals surface area contributed by atoms with E-state index in [-0.39, 0.29) is 6.61 Å². The zero-order valence-electron chi connectivity index (χ0n) is 8.71. The molecule has 0 aliphatic heterocycles. The molecule has 1 aromatic rings. The van der Waals surface area contributed by atoms with E-state index in [9.17, 15) is 0 Å². The molecule has 1 rings (SSSR count). The Hall–Kier alpha value is -1.22. The van der Waals surface area contributed by atoms with Crippen molar-refractivity contribution < 1.29 is 9.84 Å². The van der Waals surface area contributed by atoms with Gasteiger partial charge in [0.25, 0.3) is 0 Å². The normalized spacial score (nSPS) is 9.93. The van der Waals surface area contributed by atoms with E-state index in [4.69, 9.17) is 9.84 Å². The van der Waals surface area contributed by atoms with Crippen molar-refractivity contribution in [2.45, 2.75) is 20.5 Å². The number of ether oxygens (including phenoxy) is 1. The lowest BCUT2D eigenvalue weighted by Crippen LogP contribution is -2.00. The van der Waals surface area contributed by atoms with Crippen LogP contribution in [0.2, 0.25) is 0 Å². The van der Waals surface area contributed by atoms with Gasteiger partial charge in [-0.15, -0.1) is 0 Å². The van der Waals surface area contributed by atoms with Gasteiger partial charge in [-0.05, 0) is 32.0 Å². The Bertz CT molecular complexity index is 287. The first-order chi connectivity index (χ1) is 6.81. The van der Waals surface area contributed by atoms with Crippen molar-refractivity contribution in [3.8, 4) is 5.75 Å². The number of nitrogens with one attached hydrogen (secondary N) is 1. The molecule has 0 amide bonds. The molecule has 1 aromatic carbocycles. The van der Waals surface area contributed by atoms with Crippen LogP contribution in [0.25, 0.3) is 0 Å². The maximum atomic E-state index is 9.13. The van der Waals surface area contributed by atoms with E-state index in [1.165, 1.54) is 0 Å². The Balaban J connectivity index is 2.87. The summed E-state index contributed by atoms with van der Waals surface area (Å²) in [4.78, 5) is 0. The van der Waals surface area contributed by atoms with Gasteiger partial charge in [-0.3, -0.25) is 0 Å². The van der Waals surface area contributed by atoms with E-state index in [0.29, 0.717) is 6.61 Å². The highest BCUT2D eigenvalue weighted by atomic mass is 16.5. The average molecular weight is 195 g/mol. The van der Waals surface area contributed by atoms with E-state index >= 15 is 0 Å². The lowest BCUT2D eigenvalue weighted by Gasteiger charge is -2.10. The molecule has 3 nitrogen and oxygen atoms in total. The molecule has 0 fully saturated rings. The molecule has 0 heterocycles. The van der Waals surface area contributed by atoms with Crippen molar-refractivity contribution in [2.24, 2.45) is 0 Å². The van der Waals surface area contributed by atoms with Crippen molar-refractivity contribution in [1.29, 1.82) is 0 Å². The smallest absolute Gasteiger partial charge is 0.124 e. The van der Waals surface area contributed by atoms with E-state index in [1.54, 1.807) is 0 Å². The second-order valence-corrected chi connectivity index (χ2v) is 2.94. The van der Waals surface area contributed by atoms with E-state index in [0.717, 1.165) is 23.5 Å². The van der Waals surface area contributed by atoms with Crippen molar-refractivity contribution >= 4 is 5.69 Å². The first-order valence-electron chi connectivity index (χ1n) is 4.92. The SMILES string of the molecule is CCNc1ccc(OCC)c(CO)c1. The molecule has 0 saturated carbocycles. The molecule has 0 aliphatic rings. The van der Waals surface area contributed by atoms with Gasteiger partial charge in [-0.25, -0.2) is 0 Å². The highest BCUT2D eigenvalue weighted by Crippen LogP contribution is 2.22. The molecule has 0 aromatic heterocycles. The number of rotatable bonds is 5. The third-order valence-corrected chi connectivity index (χ3v) is 1.91. The molecule has 14 heavy (non-hydrogen) atoms. The standard InChI is InChI=1S/C11H17NO2/c1-3-12-10-5-6-11(14-4-2)9(7-10)8-13/h5-7,12-13H,3-4,8H2,1-2H3. The van der Waals surface area contributed by atoms with Gasteiger partial charge in [0.1, 0.15) is 5.75 Å². The quantitative estimate of drug-likeness (QED) is 0.755. The van der Waals surface area contributed by atoms with Crippen LogP contribution in [0.1, 0.15) is 19.4 Å². The summed E-state index contributed by atoms with van der Waals surface area (Å²) in [6.07, 6.45) is 0. The summed E-state index contributed by atoms with van der Waals surface area (Å²) in [5, 5.41) is 12.3. The molecular weight excluding hydrogens is 178 g/mol. The second kappa shape index (κ2) is 5.50. The summed E-state index contributed by atoms with van der Waals surface area (Å²) in [5.41, 5.74) is 1.84. The predicted molar refractivity (Wildman–Crippen MR) is 57.7 cm³/mol. The third-order valence-electron chi connectivity index (χ3n) is 1.91. The summed E-state index contributed by atoms with van der Waals surface area (Å²) < 4.78 is 5.37. The minimum Gasteiger partial charge on any atom is -0.494 e. The van der Waals surface area contributed by atoms with E-state index < -0.39 is 0 Å². The zero-order chi connectivity index (χ0) is 10.4. The lowest BCUT2D eigenvalue weighted by atomic mass is 10.2. The Morgan fingerprint density at radius 1 is 1.36 bits per heavy atom. The molecule has 0 radical (unpaired) electrons. The first kappa shape index (κ1) is 10.9. The van der Waals surface area contributed by atoms with E-state index in [2.05, 4.69) is 5.32 Å². The molecule has 2 N–H and O–H groups in total. The van der Waals surface area contributed by atoms with Gasteiger partial charge in [-0.2, -0.15) is 0 Å². The topological polar surface area (TPSA) is 41.5 Å². The van der Waals surface area contributed by atoms with Crippen molar-refractivity contribution in [3.05, 3.63) is 23.8 Å². The largest absolute Gasteiger partial charge is 0.494 e. The molecule has 0 spiro atoms. The molecule has 78 valence electrons. The van der Waals surface area contributed by atoms with Crippen LogP contribution in [-0.4, -0.2) is 18.3 Å². The van der Waals surface area contributed by atoms with Crippen molar-refractivity contribution in [2.75, 3.05) is 18.5 Å². The van der Waals surface area contributed by atoms with Crippen LogP contribution in [0, 0.1) is 0 Å². The molecule has 3 heteroatoms. The summed E-state index contributed by atoms with van der Waals surface area (Å²) in [5.74, 6) is 0.761. The third kappa shape index (κ3) is 2.64. The van der Waals surface area contributed by atoms with Gasteiger partial charge in [0.05, 0.1) is 13.2 Å². The summed E-state index contributed by atoms with van der Waals surface area (Å²) >= 11 is 0. The molecule has 0 saturated heterocycles. The van der Waals surface area contributed by atoms with E-state index in [1.807, 2.05) is 32.0 Å². The lowest BCUT2D eigenvalue weighted by molar-refractivity contribution is 0.267. The Morgan fingerprint density at radius 3 is 2.71 bits per heavy atom. The number of hydrogen-bond acceptors (Lipinski definition) is 3. The number of aliphatic hydroxyl groups excluding tert-OH is 1. The highest BCUT2D eigenvalue weighted by Gasteiger charge is 2.02. The Kier molecular flexibility index (Phi) is 4.26. The number of anilines is 1. The minimum atomic E-state index is 0.00850. The second-order valence-electron chi connectivity index (χ2n) is 2.94. The molecule has 0 bridgehead atoms. The predicted octanol–water partition coefficient (Wildman–Crippen LogP) is 2.01. The first-order valence-corrected chi connectivity index (χ1v) is 4.92. The number of hydrogen-bond donors (Lipinski definition) is 2. The summed E-state index contributed by atoms with van der Waals surface area (Å²) in [6, 6.07) is 5.75.